The molecule has 1 rings (SSSR count). The van der Waals surface area contributed by atoms with E-state index >= 15 is 0 Å². The Hall–Kier alpha value is -0.350. The number of aromatic nitrogens is 2. The van der Waals surface area contributed by atoms with Crippen LogP contribution in [0.5, 0.6) is 0 Å². The molecule has 3 nitrogen and oxygen atoms in total. The summed E-state index contributed by atoms with van der Waals surface area (Å²) in [6.45, 7) is 4.00. The minimum Gasteiger partial charge on any atom is -0.393 e. The van der Waals surface area contributed by atoms with Gasteiger partial charge in [-0.15, -0.1) is 0 Å². The van der Waals surface area contributed by atoms with E-state index in [4.69, 9.17) is 0 Å². The molecule has 1 aromatic rings. The third-order valence-corrected chi connectivity index (χ3v) is 3.72. The normalized spacial score (nSPS) is 13.1. The second kappa shape index (κ2) is 5.66. The van der Waals surface area contributed by atoms with Crippen molar-refractivity contribution in [3.8, 4) is 0 Å². The molecule has 1 aromatic heterocycles. The lowest BCUT2D eigenvalue weighted by Gasteiger charge is -2.07. The molecule has 0 radical (unpaired) electrons. The number of rotatable bonds is 5. The molecule has 15 heavy (non-hydrogen) atoms. The number of halogens is 1. The second-order valence-electron chi connectivity index (χ2n) is 3.92. The Labute approximate surface area is 99.6 Å². The first kappa shape index (κ1) is 12.7. The SMILES string of the molecule is CCC(O)CCCc1c(Br)c(C)nn1C. The van der Waals surface area contributed by atoms with Crippen molar-refractivity contribution in [2.45, 2.75) is 45.6 Å². The molecular formula is C11H19BrN2O. The van der Waals surface area contributed by atoms with Crippen LogP contribution in [0.2, 0.25) is 0 Å². The van der Waals surface area contributed by atoms with Crippen LogP contribution in [-0.4, -0.2) is 21.0 Å². The maximum absolute atomic E-state index is 9.45. The first-order valence-corrected chi connectivity index (χ1v) is 6.21. The minimum absolute atomic E-state index is 0.155. The maximum atomic E-state index is 9.45. The van der Waals surface area contributed by atoms with Crippen molar-refractivity contribution >= 4 is 15.9 Å². The predicted octanol–water partition coefficient (Wildman–Crippen LogP) is 2.58. The Kier molecular flexibility index (Phi) is 4.80. The van der Waals surface area contributed by atoms with E-state index in [9.17, 15) is 5.11 Å². The van der Waals surface area contributed by atoms with E-state index in [1.54, 1.807) is 0 Å². The molecule has 0 saturated carbocycles. The molecule has 1 unspecified atom stereocenters. The molecule has 0 spiro atoms. The van der Waals surface area contributed by atoms with Crippen LogP contribution in [0.1, 0.15) is 37.6 Å². The van der Waals surface area contributed by atoms with Crippen LogP contribution in [0.3, 0.4) is 0 Å². The van der Waals surface area contributed by atoms with Gasteiger partial charge in [0.1, 0.15) is 0 Å². The highest BCUT2D eigenvalue weighted by Gasteiger charge is 2.10. The molecular weight excluding hydrogens is 256 g/mol. The zero-order chi connectivity index (χ0) is 11.4. The molecule has 0 aliphatic heterocycles. The summed E-state index contributed by atoms with van der Waals surface area (Å²) >= 11 is 3.54. The number of aliphatic hydroxyl groups is 1. The van der Waals surface area contributed by atoms with E-state index in [0.29, 0.717) is 0 Å². The highest BCUT2D eigenvalue weighted by Crippen LogP contribution is 2.22. The van der Waals surface area contributed by atoms with Crippen LogP contribution in [-0.2, 0) is 13.5 Å². The summed E-state index contributed by atoms with van der Waals surface area (Å²) in [4.78, 5) is 0. The average Bonchev–Trinajstić information content (AvgIpc) is 2.44. The highest BCUT2D eigenvalue weighted by atomic mass is 79.9. The molecule has 1 atom stereocenters. The molecule has 0 saturated heterocycles. The van der Waals surface area contributed by atoms with Crippen molar-refractivity contribution < 1.29 is 5.11 Å². The Bertz CT molecular complexity index is 323. The zero-order valence-electron chi connectivity index (χ0n) is 9.63. The van der Waals surface area contributed by atoms with Crippen molar-refractivity contribution in [2.24, 2.45) is 7.05 Å². The smallest absolute Gasteiger partial charge is 0.0738 e. The van der Waals surface area contributed by atoms with Gasteiger partial charge in [-0.05, 0) is 48.5 Å². The van der Waals surface area contributed by atoms with E-state index in [1.165, 1.54) is 5.69 Å². The Morgan fingerprint density at radius 3 is 2.67 bits per heavy atom. The fraction of sp³-hybridized carbons (Fsp3) is 0.727. The van der Waals surface area contributed by atoms with E-state index in [2.05, 4.69) is 21.0 Å². The van der Waals surface area contributed by atoms with Crippen molar-refractivity contribution in [1.29, 1.82) is 0 Å². The van der Waals surface area contributed by atoms with E-state index < -0.39 is 0 Å². The van der Waals surface area contributed by atoms with Gasteiger partial charge < -0.3 is 5.11 Å². The largest absolute Gasteiger partial charge is 0.393 e. The first-order chi connectivity index (χ1) is 7.06. The van der Waals surface area contributed by atoms with Crippen molar-refractivity contribution in [1.82, 2.24) is 9.78 Å². The van der Waals surface area contributed by atoms with Gasteiger partial charge in [-0.2, -0.15) is 5.10 Å². The quantitative estimate of drug-likeness (QED) is 0.897. The molecule has 0 fully saturated rings. The number of nitrogens with zero attached hydrogens (tertiary/aromatic N) is 2. The summed E-state index contributed by atoms with van der Waals surface area (Å²) in [5.74, 6) is 0. The van der Waals surface area contributed by atoms with Crippen LogP contribution in [0.4, 0.5) is 0 Å². The Morgan fingerprint density at radius 2 is 2.20 bits per heavy atom. The zero-order valence-corrected chi connectivity index (χ0v) is 11.2. The van der Waals surface area contributed by atoms with Gasteiger partial charge in [0, 0.05) is 7.05 Å². The molecule has 86 valence electrons. The van der Waals surface area contributed by atoms with Gasteiger partial charge in [0.15, 0.2) is 0 Å². The standard InChI is InChI=1S/C11H19BrN2O/c1-4-9(15)6-5-7-10-11(12)8(2)13-14(10)3/h9,15H,4-7H2,1-3H3. The monoisotopic (exact) mass is 274 g/mol. The topological polar surface area (TPSA) is 38.1 Å². The van der Waals surface area contributed by atoms with E-state index in [-0.39, 0.29) is 6.10 Å². The Balaban J connectivity index is 2.50. The van der Waals surface area contributed by atoms with Crippen LogP contribution in [0.15, 0.2) is 4.47 Å². The Morgan fingerprint density at radius 1 is 1.53 bits per heavy atom. The molecule has 1 heterocycles. The lowest BCUT2D eigenvalue weighted by atomic mass is 10.1. The number of aliphatic hydroxyl groups excluding tert-OH is 1. The van der Waals surface area contributed by atoms with Gasteiger partial charge in [-0.25, -0.2) is 0 Å². The summed E-state index contributed by atoms with van der Waals surface area (Å²) in [5.41, 5.74) is 2.25. The van der Waals surface area contributed by atoms with Crippen molar-refractivity contribution in [3.63, 3.8) is 0 Å². The van der Waals surface area contributed by atoms with E-state index in [1.807, 2.05) is 25.6 Å². The van der Waals surface area contributed by atoms with Crippen molar-refractivity contribution in [3.05, 3.63) is 15.9 Å². The second-order valence-corrected chi connectivity index (χ2v) is 4.72. The lowest BCUT2D eigenvalue weighted by Crippen LogP contribution is -2.06. The molecule has 1 N–H and O–H groups in total. The third kappa shape index (κ3) is 3.31. The molecule has 4 heteroatoms. The molecule has 0 amide bonds. The number of hydrogen-bond acceptors (Lipinski definition) is 2. The first-order valence-electron chi connectivity index (χ1n) is 5.42. The molecule has 0 aliphatic rings. The predicted molar refractivity (Wildman–Crippen MR) is 64.9 cm³/mol. The van der Waals surface area contributed by atoms with Crippen LogP contribution < -0.4 is 0 Å². The van der Waals surface area contributed by atoms with E-state index in [0.717, 1.165) is 35.8 Å². The van der Waals surface area contributed by atoms with Gasteiger partial charge >= 0.3 is 0 Å². The summed E-state index contributed by atoms with van der Waals surface area (Å²) < 4.78 is 3.02. The van der Waals surface area contributed by atoms with Crippen LogP contribution >= 0.6 is 15.9 Å². The molecule has 0 aliphatic carbocycles. The summed E-state index contributed by atoms with van der Waals surface area (Å²) in [5, 5.41) is 13.8. The van der Waals surface area contributed by atoms with Gasteiger partial charge in [0.2, 0.25) is 0 Å². The third-order valence-electron chi connectivity index (χ3n) is 2.68. The fourth-order valence-electron chi connectivity index (χ4n) is 1.66. The summed E-state index contributed by atoms with van der Waals surface area (Å²) in [6, 6.07) is 0. The van der Waals surface area contributed by atoms with Crippen LogP contribution in [0.25, 0.3) is 0 Å². The fourth-order valence-corrected chi connectivity index (χ4v) is 2.20. The van der Waals surface area contributed by atoms with Crippen molar-refractivity contribution in [2.75, 3.05) is 0 Å². The lowest BCUT2D eigenvalue weighted by molar-refractivity contribution is 0.157. The van der Waals surface area contributed by atoms with Gasteiger partial charge in [0.25, 0.3) is 0 Å². The summed E-state index contributed by atoms with van der Waals surface area (Å²) in [7, 11) is 1.96. The summed E-state index contributed by atoms with van der Waals surface area (Å²) in [6.07, 6.45) is 3.53. The minimum atomic E-state index is -0.155. The van der Waals surface area contributed by atoms with Gasteiger partial charge in [-0.3, -0.25) is 4.68 Å². The maximum Gasteiger partial charge on any atom is 0.0738 e. The molecule has 0 aromatic carbocycles. The average molecular weight is 275 g/mol. The number of aryl methyl sites for hydroxylation is 2. The van der Waals surface area contributed by atoms with Crippen LogP contribution in [0, 0.1) is 6.92 Å². The molecule has 0 bridgehead atoms. The number of hydrogen-bond donors (Lipinski definition) is 1. The van der Waals surface area contributed by atoms with Gasteiger partial charge in [-0.1, -0.05) is 6.92 Å². The van der Waals surface area contributed by atoms with Gasteiger partial charge in [0.05, 0.1) is 22.0 Å². The highest BCUT2D eigenvalue weighted by molar-refractivity contribution is 9.10.